The number of nitrogens with zero attached hydrogens (tertiary/aromatic N) is 1. The Kier molecular flexibility index (Phi) is 7.03. The molecule has 2 aromatic carbocycles. The summed E-state index contributed by atoms with van der Waals surface area (Å²) in [5.74, 6) is 0.298. The molecule has 0 saturated carbocycles. The second-order valence-electron chi connectivity index (χ2n) is 6.72. The van der Waals surface area contributed by atoms with E-state index in [1.807, 2.05) is 11.0 Å². The maximum absolute atomic E-state index is 12.6. The van der Waals surface area contributed by atoms with Gasteiger partial charge in [0.15, 0.2) is 0 Å². The molecule has 1 fully saturated rings. The van der Waals surface area contributed by atoms with Gasteiger partial charge in [0.05, 0.1) is 12.2 Å². The lowest BCUT2D eigenvalue weighted by Crippen LogP contribution is -2.35. The van der Waals surface area contributed by atoms with Gasteiger partial charge >= 0.3 is 0 Å². The van der Waals surface area contributed by atoms with Crippen LogP contribution >= 0.6 is 0 Å². The number of anilines is 1. The Morgan fingerprint density at radius 2 is 1.68 bits per heavy atom. The first-order valence-electron chi connectivity index (χ1n) is 9.60. The largest absolute Gasteiger partial charge is 0.490 e. The van der Waals surface area contributed by atoms with Crippen molar-refractivity contribution in [1.29, 1.82) is 0 Å². The average Bonchev–Trinajstić information content (AvgIpc) is 2.75. The molecule has 6 heteroatoms. The van der Waals surface area contributed by atoms with E-state index in [9.17, 15) is 9.59 Å². The standard InChI is InChI=1S/C22H26N2O4/c1-27-15-16-28-20-8-4-3-7-19(20)21(25)23-18-11-9-17(10-12-18)22(26)24-13-5-2-6-14-24/h3-4,7-12H,2,5-6,13-16H2,1H3,(H,23,25). The number of benzene rings is 2. The fourth-order valence-electron chi connectivity index (χ4n) is 3.19. The van der Waals surface area contributed by atoms with Crippen LogP contribution in [0.25, 0.3) is 0 Å². The molecule has 0 aromatic heterocycles. The van der Waals surface area contributed by atoms with Gasteiger partial charge in [0.25, 0.3) is 11.8 Å². The van der Waals surface area contributed by atoms with E-state index < -0.39 is 0 Å². The Morgan fingerprint density at radius 3 is 2.39 bits per heavy atom. The number of piperidine rings is 1. The monoisotopic (exact) mass is 382 g/mol. The van der Waals surface area contributed by atoms with Crippen LogP contribution in [0.15, 0.2) is 48.5 Å². The number of nitrogens with one attached hydrogen (secondary N) is 1. The molecule has 1 saturated heterocycles. The van der Waals surface area contributed by atoms with Crippen LogP contribution in [0.2, 0.25) is 0 Å². The van der Waals surface area contributed by atoms with Gasteiger partial charge in [-0.25, -0.2) is 0 Å². The van der Waals surface area contributed by atoms with E-state index >= 15 is 0 Å². The van der Waals surface area contributed by atoms with E-state index in [0.29, 0.717) is 35.8 Å². The summed E-state index contributed by atoms with van der Waals surface area (Å²) in [4.78, 5) is 27.1. The highest BCUT2D eigenvalue weighted by molar-refractivity contribution is 6.06. The molecule has 0 aliphatic carbocycles. The van der Waals surface area contributed by atoms with Gasteiger partial charge in [0.1, 0.15) is 12.4 Å². The first-order chi connectivity index (χ1) is 13.7. The number of amides is 2. The molecule has 2 aromatic rings. The third-order valence-electron chi connectivity index (χ3n) is 4.71. The van der Waals surface area contributed by atoms with Crippen LogP contribution in [0.5, 0.6) is 5.75 Å². The molecule has 0 unspecified atom stereocenters. The molecule has 28 heavy (non-hydrogen) atoms. The van der Waals surface area contributed by atoms with E-state index in [4.69, 9.17) is 9.47 Å². The second kappa shape index (κ2) is 9.90. The molecule has 0 spiro atoms. The van der Waals surface area contributed by atoms with Crippen molar-refractivity contribution in [2.24, 2.45) is 0 Å². The van der Waals surface area contributed by atoms with Gasteiger partial charge in [-0.05, 0) is 55.7 Å². The van der Waals surface area contributed by atoms with E-state index in [0.717, 1.165) is 25.9 Å². The molecule has 0 bridgehead atoms. The number of ether oxygens (including phenoxy) is 2. The summed E-state index contributed by atoms with van der Waals surface area (Å²) in [6.07, 6.45) is 3.31. The molecule has 6 nitrogen and oxygen atoms in total. The third kappa shape index (κ3) is 5.10. The van der Waals surface area contributed by atoms with Crippen molar-refractivity contribution in [2.45, 2.75) is 19.3 Å². The van der Waals surface area contributed by atoms with Crippen LogP contribution < -0.4 is 10.1 Å². The quantitative estimate of drug-likeness (QED) is 0.743. The Bertz CT molecular complexity index is 798. The predicted octanol–water partition coefficient (Wildman–Crippen LogP) is 3.59. The van der Waals surface area contributed by atoms with Crippen LogP contribution in [0.3, 0.4) is 0 Å². The van der Waals surface area contributed by atoms with Crippen LogP contribution in [0.1, 0.15) is 40.0 Å². The minimum Gasteiger partial charge on any atom is -0.490 e. The molecule has 1 aliphatic rings. The summed E-state index contributed by atoms with van der Waals surface area (Å²) in [6.45, 7) is 2.45. The fourth-order valence-corrected chi connectivity index (χ4v) is 3.19. The van der Waals surface area contributed by atoms with Crippen LogP contribution in [0.4, 0.5) is 5.69 Å². The van der Waals surface area contributed by atoms with Crippen molar-refractivity contribution < 1.29 is 19.1 Å². The molecule has 1 aliphatic heterocycles. The van der Waals surface area contributed by atoms with Gasteiger partial charge in [-0.3, -0.25) is 9.59 Å². The minimum atomic E-state index is -0.261. The highest BCUT2D eigenvalue weighted by atomic mass is 16.5. The van der Waals surface area contributed by atoms with Gasteiger partial charge < -0.3 is 19.7 Å². The smallest absolute Gasteiger partial charge is 0.259 e. The lowest BCUT2D eigenvalue weighted by Gasteiger charge is -2.26. The Morgan fingerprint density at radius 1 is 0.964 bits per heavy atom. The zero-order valence-corrected chi connectivity index (χ0v) is 16.1. The Balaban J connectivity index is 1.64. The third-order valence-corrected chi connectivity index (χ3v) is 4.71. The topological polar surface area (TPSA) is 67.9 Å². The molecule has 3 rings (SSSR count). The summed E-state index contributed by atoms with van der Waals surface area (Å²) < 4.78 is 10.6. The highest BCUT2D eigenvalue weighted by Crippen LogP contribution is 2.21. The summed E-state index contributed by atoms with van der Waals surface area (Å²) >= 11 is 0. The molecule has 1 heterocycles. The van der Waals surface area contributed by atoms with Gasteiger partial charge in [0, 0.05) is 31.5 Å². The summed E-state index contributed by atoms with van der Waals surface area (Å²) in [7, 11) is 1.60. The SMILES string of the molecule is COCCOc1ccccc1C(=O)Nc1ccc(C(=O)N2CCCCC2)cc1. The average molecular weight is 382 g/mol. The number of rotatable bonds is 7. The molecule has 0 atom stereocenters. The predicted molar refractivity (Wildman–Crippen MR) is 108 cm³/mol. The van der Waals surface area contributed by atoms with E-state index in [2.05, 4.69) is 5.32 Å². The molecular formula is C22H26N2O4. The summed E-state index contributed by atoms with van der Waals surface area (Å²) in [5.41, 5.74) is 1.72. The van der Waals surface area contributed by atoms with Crippen molar-refractivity contribution in [2.75, 3.05) is 38.7 Å². The lowest BCUT2D eigenvalue weighted by molar-refractivity contribution is 0.0724. The van der Waals surface area contributed by atoms with E-state index in [-0.39, 0.29) is 11.8 Å². The first kappa shape index (κ1) is 19.9. The van der Waals surface area contributed by atoms with Crippen molar-refractivity contribution in [1.82, 2.24) is 4.90 Å². The van der Waals surface area contributed by atoms with Gasteiger partial charge in [-0.1, -0.05) is 12.1 Å². The number of hydrogen-bond donors (Lipinski definition) is 1. The van der Waals surface area contributed by atoms with E-state index in [1.54, 1.807) is 49.6 Å². The normalized spacial score (nSPS) is 13.8. The van der Waals surface area contributed by atoms with Gasteiger partial charge in [-0.15, -0.1) is 0 Å². The number of likely N-dealkylation sites (tertiary alicyclic amines) is 1. The van der Waals surface area contributed by atoms with Crippen molar-refractivity contribution >= 4 is 17.5 Å². The number of hydrogen-bond acceptors (Lipinski definition) is 4. The van der Waals surface area contributed by atoms with Crippen molar-refractivity contribution in [3.63, 3.8) is 0 Å². The van der Waals surface area contributed by atoms with Gasteiger partial charge in [0.2, 0.25) is 0 Å². The van der Waals surface area contributed by atoms with Gasteiger partial charge in [-0.2, -0.15) is 0 Å². The zero-order valence-electron chi connectivity index (χ0n) is 16.1. The summed E-state index contributed by atoms with van der Waals surface area (Å²) in [6, 6.07) is 14.1. The molecule has 148 valence electrons. The number of carbonyl (C=O) groups is 2. The maximum atomic E-state index is 12.6. The minimum absolute atomic E-state index is 0.0504. The number of methoxy groups -OCH3 is 1. The number of carbonyl (C=O) groups excluding carboxylic acids is 2. The van der Waals surface area contributed by atoms with Crippen LogP contribution in [0, 0.1) is 0 Å². The zero-order chi connectivity index (χ0) is 19.8. The summed E-state index contributed by atoms with van der Waals surface area (Å²) in [5, 5.41) is 2.86. The molecule has 0 radical (unpaired) electrons. The Labute approximate surface area is 165 Å². The molecule has 2 amide bonds. The molecule has 1 N–H and O–H groups in total. The van der Waals surface area contributed by atoms with Crippen LogP contribution in [-0.2, 0) is 4.74 Å². The second-order valence-corrected chi connectivity index (χ2v) is 6.72. The lowest BCUT2D eigenvalue weighted by atomic mass is 10.1. The highest BCUT2D eigenvalue weighted by Gasteiger charge is 2.18. The molecular weight excluding hydrogens is 356 g/mol. The first-order valence-corrected chi connectivity index (χ1v) is 9.60. The van der Waals surface area contributed by atoms with Crippen LogP contribution in [-0.4, -0.2) is 50.1 Å². The van der Waals surface area contributed by atoms with Crippen molar-refractivity contribution in [3.05, 3.63) is 59.7 Å². The van der Waals surface area contributed by atoms with E-state index in [1.165, 1.54) is 6.42 Å². The fraction of sp³-hybridized carbons (Fsp3) is 0.364. The van der Waals surface area contributed by atoms with Crippen molar-refractivity contribution in [3.8, 4) is 5.75 Å². The number of para-hydroxylation sites is 1. The Hall–Kier alpha value is -2.86. The maximum Gasteiger partial charge on any atom is 0.259 e.